The van der Waals surface area contributed by atoms with Crippen molar-refractivity contribution in [2.45, 2.75) is 43.2 Å². The number of aromatic hydroxyl groups is 1. The summed E-state index contributed by atoms with van der Waals surface area (Å²) in [7, 11) is 1.49. The largest absolute Gasteiger partial charge is 0.508 e. The van der Waals surface area contributed by atoms with E-state index in [1.165, 1.54) is 25.3 Å². The van der Waals surface area contributed by atoms with Gasteiger partial charge in [0.2, 0.25) is 0 Å². The second-order valence-electron chi connectivity index (χ2n) is 8.07. The highest BCUT2D eigenvalue weighted by atomic mass is 16.7. The number of aliphatic hydroxyl groups is 4. The van der Waals surface area contributed by atoms with E-state index in [0.29, 0.717) is 22.4 Å². The predicted molar refractivity (Wildman–Crippen MR) is 117 cm³/mol. The third-order valence-corrected chi connectivity index (χ3v) is 5.86. The molecule has 5 N–H and O–H groups in total. The molecule has 34 heavy (non-hydrogen) atoms. The average molecular weight is 474 g/mol. The monoisotopic (exact) mass is 474 g/mol. The Balaban J connectivity index is 1.73. The Morgan fingerprint density at radius 1 is 1.03 bits per heavy atom. The van der Waals surface area contributed by atoms with Gasteiger partial charge >= 0.3 is 5.97 Å². The van der Waals surface area contributed by atoms with E-state index in [1.54, 1.807) is 30.3 Å². The second kappa shape index (κ2) is 10.1. The summed E-state index contributed by atoms with van der Waals surface area (Å²) in [6.07, 6.45) is -6.81. The highest BCUT2D eigenvalue weighted by Crippen LogP contribution is 2.35. The first-order valence-electron chi connectivity index (χ1n) is 10.7. The zero-order valence-electron chi connectivity index (χ0n) is 18.3. The van der Waals surface area contributed by atoms with Crippen molar-refractivity contribution in [3.05, 3.63) is 59.7 Å². The van der Waals surface area contributed by atoms with Crippen molar-refractivity contribution in [2.24, 2.45) is 0 Å². The molecule has 0 aliphatic carbocycles. The molecule has 2 aromatic carbocycles. The molecule has 0 amide bonds. The molecular formula is C24H26O10. The van der Waals surface area contributed by atoms with Gasteiger partial charge in [-0.25, -0.2) is 4.79 Å². The van der Waals surface area contributed by atoms with Gasteiger partial charge in [-0.05, 0) is 34.9 Å². The lowest BCUT2D eigenvalue weighted by molar-refractivity contribution is -0.306. The van der Waals surface area contributed by atoms with Gasteiger partial charge in [-0.15, -0.1) is 0 Å². The number of phenols is 1. The van der Waals surface area contributed by atoms with Crippen LogP contribution in [0.15, 0.2) is 48.5 Å². The summed E-state index contributed by atoms with van der Waals surface area (Å²) < 4.78 is 22.3. The van der Waals surface area contributed by atoms with Crippen molar-refractivity contribution in [3.63, 3.8) is 0 Å². The number of fused-ring (bicyclic) bond motifs is 1. The summed E-state index contributed by atoms with van der Waals surface area (Å²) in [6.45, 7) is -0.606. The van der Waals surface area contributed by atoms with Crippen LogP contribution in [0.3, 0.4) is 0 Å². The fourth-order valence-corrected chi connectivity index (χ4v) is 3.98. The number of rotatable bonds is 5. The van der Waals surface area contributed by atoms with E-state index >= 15 is 0 Å². The third-order valence-electron chi connectivity index (χ3n) is 5.86. The summed E-state index contributed by atoms with van der Waals surface area (Å²) in [5.74, 6) is 0.107. The molecule has 6 atom stereocenters. The van der Waals surface area contributed by atoms with Crippen LogP contribution in [0.5, 0.6) is 17.2 Å². The molecule has 2 aromatic rings. The lowest BCUT2D eigenvalue weighted by Crippen LogP contribution is -2.59. The Labute approximate surface area is 195 Å². The maximum atomic E-state index is 12.7. The van der Waals surface area contributed by atoms with Crippen LogP contribution >= 0.6 is 0 Å². The number of methoxy groups -OCH3 is 1. The molecule has 182 valence electrons. The Hall–Kier alpha value is -2.99. The number of hydrogen-bond acceptors (Lipinski definition) is 10. The first kappa shape index (κ1) is 24.1. The van der Waals surface area contributed by atoms with E-state index in [0.717, 1.165) is 0 Å². The zero-order chi connectivity index (χ0) is 24.4. The Morgan fingerprint density at radius 3 is 2.44 bits per heavy atom. The molecule has 0 bridgehead atoms. The van der Waals surface area contributed by atoms with E-state index in [2.05, 4.69) is 0 Å². The molecule has 10 heteroatoms. The maximum absolute atomic E-state index is 12.7. The summed E-state index contributed by atoms with van der Waals surface area (Å²) >= 11 is 0. The van der Waals surface area contributed by atoms with E-state index in [4.69, 9.17) is 18.9 Å². The van der Waals surface area contributed by atoms with Crippen molar-refractivity contribution in [1.29, 1.82) is 0 Å². The third kappa shape index (κ3) is 4.92. The van der Waals surface area contributed by atoms with Gasteiger partial charge in [-0.2, -0.15) is 0 Å². The highest BCUT2D eigenvalue weighted by Gasteiger charge is 2.45. The lowest BCUT2D eigenvalue weighted by Gasteiger charge is -2.41. The predicted octanol–water partition coefficient (Wildman–Crippen LogP) is 0.131. The number of phenolic OH excluding ortho intramolecular Hbond substituents is 1. The first-order valence-corrected chi connectivity index (χ1v) is 10.7. The number of benzene rings is 2. The van der Waals surface area contributed by atoms with Gasteiger partial charge in [0.15, 0.2) is 6.29 Å². The molecule has 2 aliphatic heterocycles. The van der Waals surface area contributed by atoms with Crippen LogP contribution in [0.25, 0.3) is 5.57 Å². The molecule has 2 aliphatic rings. The average Bonchev–Trinajstić information content (AvgIpc) is 2.83. The molecule has 1 fully saturated rings. The van der Waals surface area contributed by atoms with Crippen LogP contribution in [0.1, 0.15) is 11.1 Å². The quantitative estimate of drug-likeness (QED) is 0.298. The van der Waals surface area contributed by atoms with Crippen LogP contribution in [0.4, 0.5) is 0 Å². The topological polar surface area (TPSA) is 155 Å². The van der Waals surface area contributed by atoms with E-state index in [9.17, 15) is 30.3 Å². The van der Waals surface area contributed by atoms with Crippen molar-refractivity contribution in [1.82, 2.24) is 0 Å². The first-order chi connectivity index (χ1) is 16.3. The van der Waals surface area contributed by atoms with Crippen molar-refractivity contribution in [3.8, 4) is 17.2 Å². The van der Waals surface area contributed by atoms with Gasteiger partial charge in [0.1, 0.15) is 41.7 Å². The normalized spacial score (nSPS) is 29.3. The Kier molecular flexibility index (Phi) is 7.17. The molecule has 0 aromatic heterocycles. The number of carbonyl (C=O) groups excluding carboxylic acids is 1. The minimum Gasteiger partial charge on any atom is -0.508 e. The molecule has 10 nitrogen and oxygen atoms in total. The summed E-state index contributed by atoms with van der Waals surface area (Å²) in [6, 6.07) is 11.1. The smallest absolute Gasteiger partial charge is 0.336 e. The van der Waals surface area contributed by atoms with Crippen molar-refractivity contribution >= 4 is 11.5 Å². The number of ether oxygens (including phenoxy) is 4. The van der Waals surface area contributed by atoms with Gasteiger partial charge in [-0.3, -0.25) is 0 Å². The number of esters is 1. The molecule has 4 rings (SSSR count). The van der Waals surface area contributed by atoms with Crippen molar-refractivity contribution < 1.29 is 49.3 Å². The zero-order valence-corrected chi connectivity index (χ0v) is 18.3. The molecule has 0 spiro atoms. The highest BCUT2D eigenvalue weighted by molar-refractivity contribution is 5.94. The Morgan fingerprint density at radius 2 is 1.76 bits per heavy atom. The fraction of sp³-hybridized carbons (Fsp3) is 0.375. The van der Waals surface area contributed by atoms with Gasteiger partial charge in [-0.1, -0.05) is 18.2 Å². The van der Waals surface area contributed by atoms with Crippen LogP contribution < -0.4 is 9.47 Å². The van der Waals surface area contributed by atoms with E-state index in [1.807, 2.05) is 0 Å². The standard InChI is InChI=1S/C24H26O10/c1-31-15-7-4-13-8-18(33-24-23(30)22(29)21(28)19(11-25)34-24)16(10-20(27)32-17(13)9-15)12-2-5-14(26)6-3-12/h2-7,9-10,18-19,21-26,28-30H,8,11H2,1H3/t18?,19-,21-,22+,23-,24-/m1/s1. The van der Waals surface area contributed by atoms with Crippen LogP contribution in [-0.2, 0) is 20.7 Å². The second-order valence-corrected chi connectivity index (χ2v) is 8.07. The molecule has 1 saturated heterocycles. The molecule has 0 radical (unpaired) electrons. The SMILES string of the molecule is COc1ccc2c(c1)OC(=O)C=C(c1ccc(O)cc1)C(O[C@@H]1O[C@H](CO)[C@@H](O)[C@H](O)[C@H]1O)C2. The Bertz CT molecular complexity index is 1050. The van der Waals surface area contributed by atoms with Gasteiger partial charge in [0.05, 0.1) is 19.8 Å². The molecule has 1 unspecified atom stereocenters. The molecule has 2 heterocycles. The van der Waals surface area contributed by atoms with Crippen molar-refractivity contribution in [2.75, 3.05) is 13.7 Å². The number of hydrogen-bond donors (Lipinski definition) is 5. The molecule has 0 saturated carbocycles. The summed E-state index contributed by atoms with van der Waals surface area (Å²) in [5, 5.41) is 49.9. The minimum atomic E-state index is -1.62. The van der Waals surface area contributed by atoms with E-state index < -0.39 is 49.4 Å². The van der Waals surface area contributed by atoms with Gasteiger partial charge in [0.25, 0.3) is 0 Å². The number of aliphatic hydroxyl groups excluding tert-OH is 4. The van der Waals surface area contributed by atoms with Crippen LogP contribution in [0.2, 0.25) is 0 Å². The minimum absolute atomic E-state index is 0.0293. The maximum Gasteiger partial charge on any atom is 0.336 e. The summed E-state index contributed by atoms with van der Waals surface area (Å²) in [4.78, 5) is 12.7. The number of carbonyl (C=O) groups is 1. The van der Waals surface area contributed by atoms with E-state index in [-0.39, 0.29) is 17.9 Å². The lowest BCUT2D eigenvalue weighted by atomic mass is 9.93. The fourth-order valence-electron chi connectivity index (χ4n) is 3.98. The summed E-state index contributed by atoms with van der Waals surface area (Å²) in [5.41, 5.74) is 1.53. The van der Waals surface area contributed by atoms with Gasteiger partial charge in [0, 0.05) is 18.6 Å². The van der Waals surface area contributed by atoms with Crippen LogP contribution in [-0.4, -0.2) is 82.0 Å². The van der Waals surface area contributed by atoms with Gasteiger partial charge < -0.3 is 44.5 Å². The molecular weight excluding hydrogens is 448 g/mol. The van der Waals surface area contributed by atoms with Crippen LogP contribution in [0, 0.1) is 0 Å².